The summed E-state index contributed by atoms with van der Waals surface area (Å²) in [6.45, 7) is 3.64. The third-order valence-corrected chi connectivity index (χ3v) is 3.52. The van der Waals surface area contributed by atoms with E-state index in [1.165, 1.54) is 0 Å². The Kier molecular flexibility index (Phi) is 4.94. The monoisotopic (exact) mass is 298 g/mol. The Morgan fingerprint density at radius 3 is 2.41 bits per heavy atom. The maximum absolute atomic E-state index is 11.6. The van der Waals surface area contributed by atoms with Crippen molar-refractivity contribution in [3.63, 3.8) is 0 Å². The highest BCUT2D eigenvalue weighted by Gasteiger charge is 2.17. The van der Waals surface area contributed by atoms with Crippen LogP contribution < -0.4 is 0 Å². The number of aliphatic carboxylic acids is 1. The van der Waals surface area contributed by atoms with Crippen molar-refractivity contribution in [2.24, 2.45) is 0 Å². The topological polar surface area (TPSA) is 63.6 Å². The van der Waals surface area contributed by atoms with Crippen molar-refractivity contribution in [2.75, 3.05) is 6.61 Å². The molecule has 0 aromatic heterocycles. The number of hydrogen-bond donors (Lipinski definition) is 1. The molecule has 0 saturated carbocycles. The van der Waals surface area contributed by atoms with Crippen LogP contribution in [0.2, 0.25) is 0 Å². The Morgan fingerprint density at radius 1 is 1.09 bits per heavy atom. The van der Waals surface area contributed by atoms with Crippen LogP contribution in [0.25, 0.3) is 16.3 Å². The Balaban J connectivity index is 2.43. The van der Waals surface area contributed by atoms with Gasteiger partial charge in [-0.05, 0) is 41.8 Å². The highest BCUT2D eigenvalue weighted by molar-refractivity contribution is 6.01. The zero-order valence-electron chi connectivity index (χ0n) is 12.6. The molecule has 4 nitrogen and oxygen atoms in total. The summed E-state index contributed by atoms with van der Waals surface area (Å²) in [6, 6.07) is 13.6. The van der Waals surface area contributed by atoms with Gasteiger partial charge < -0.3 is 9.84 Å². The summed E-state index contributed by atoms with van der Waals surface area (Å²) < 4.78 is 4.84. The van der Waals surface area contributed by atoms with Crippen molar-refractivity contribution in [2.45, 2.75) is 20.3 Å². The molecule has 0 bridgehead atoms. The molecule has 0 fully saturated rings. The number of allylic oxidation sites excluding steroid dienone is 1. The van der Waals surface area contributed by atoms with Crippen LogP contribution in [-0.2, 0) is 14.3 Å². The van der Waals surface area contributed by atoms with Gasteiger partial charge in [-0.25, -0.2) is 4.79 Å². The quantitative estimate of drug-likeness (QED) is 0.676. The molecule has 0 aliphatic heterocycles. The van der Waals surface area contributed by atoms with Gasteiger partial charge >= 0.3 is 11.9 Å². The van der Waals surface area contributed by atoms with E-state index in [1.54, 1.807) is 13.8 Å². The van der Waals surface area contributed by atoms with Crippen molar-refractivity contribution >= 4 is 28.3 Å². The zero-order chi connectivity index (χ0) is 16.1. The third kappa shape index (κ3) is 3.52. The van der Waals surface area contributed by atoms with Crippen LogP contribution in [-0.4, -0.2) is 23.7 Å². The molecular formula is C18H18O4. The number of carbonyl (C=O) groups is 2. The number of ether oxygens (including phenoxy) is 1. The average molecular weight is 298 g/mol. The van der Waals surface area contributed by atoms with E-state index < -0.39 is 11.9 Å². The van der Waals surface area contributed by atoms with Crippen molar-refractivity contribution in [3.8, 4) is 0 Å². The molecule has 4 heteroatoms. The summed E-state index contributed by atoms with van der Waals surface area (Å²) >= 11 is 0. The maximum Gasteiger partial charge on any atom is 0.332 e. The van der Waals surface area contributed by atoms with E-state index in [2.05, 4.69) is 0 Å². The maximum atomic E-state index is 11.6. The van der Waals surface area contributed by atoms with Crippen molar-refractivity contribution in [1.29, 1.82) is 0 Å². The van der Waals surface area contributed by atoms with E-state index >= 15 is 0 Å². The second-order valence-electron chi connectivity index (χ2n) is 4.95. The molecule has 2 rings (SSSR count). The van der Waals surface area contributed by atoms with Crippen LogP contribution in [0.3, 0.4) is 0 Å². The predicted molar refractivity (Wildman–Crippen MR) is 85.4 cm³/mol. The SMILES string of the molecule is CCOC(=O)C/C(C(=O)O)=C(/C)c1ccc2ccccc2c1. The summed E-state index contributed by atoms with van der Waals surface area (Å²) in [7, 11) is 0. The van der Waals surface area contributed by atoms with Crippen LogP contribution in [0.5, 0.6) is 0 Å². The van der Waals surface area contributed by atoms with E-state index in [0.29, 0.717) is 5.57 Å². The lowest BCUT2D eigenvalue weighted by atomic mass is 9.97. The normalized spacial score (nSPS) is 11.9. The number of benzene rings is 2. The van der Waals surface area contributed by atoms with E-state index in [9.17, 15) is 14.7 Å². The molecule has 114 valence electrons. The Morgan fingerprint density at radius 2 is 1.77 bits per heavy atom. The molecule has 0 unspecified atom stereocenters. The van der Waals surface area contributed by atoms with Crippen LogP contribution in [0.1, 0.15) is 25.8 Å². The van der Waals surface area contributed by atoms with Crippen molar-refractivity contribution in [3.05, 3.63) is 53.6 Å². The minimum Gasteiger partial charge on any atom is -0.478 e. The van der Waals surface area contributed by atoms with Crippen molar-refractivity contribution < 1.29 is 19.4 Å². The minimum absolute atomic E-state index is 0.0636. The van der Waals surface area contributed by atoms with E-state index in [1.807, 2.05) is 42.5 Å². The standard InChI is InChI=1S/C18H18O4/c1-3-22-17(19)11-16(18(20)21)12(2)14-9-8-13-6-4-5-7-15(13)10-14/h4-10H,3,11H2,1-2H3,(H,20,21)/b16-12+. The van der Waals surface area contributed by atoms with Gasteiger partial charge in [-0.2, -0.15) is 0 Å². The molecule has 0 aliphatic carbocycles. The molecule has 22 heavy (non-hydrogen) atoms. The van der Waals surface area contributed by atoms with Gasteiger partial charge in [0.15, 0.2) is 0 Å². The number of fused-ring (bicyclic) bond motifs is 1. The van der Waals surface area contributed by atoms with Gasteiger partial charge in [0.05, 0.1) is 18.6 Å². The molecule has 0 saturated heterocycles. The first-order valence-electron chi connectivity index (χ1n) is 7.10. The Labute approximate surface area is 129 Å². The first kappa shape index (κ1) is 15.8. The highest BCUT2D eigenvalue weighted by Crippen LogP contribution is 2.25. The fraction of sp³-hybridized carbons (Fsp3) is 0.222. The van der Waals surface area contributed by atoms with Gasteiger partial charge in [0.2, 0.25) is 0 Å². The van der Waals surface area contributed by atoms with E-state index in [0.717, 1.165) is 16.3 Å². The highest BCUT2D eigenvalue weighted by atomic mass is 16.5. The molecule has 0 amide bonds. The lowest BCUT2D eigenvalue weighted by Gasteiger charge is -2.10. The number of carboxylic acid groups (broad SMARTS) is 1. The van der Waals surface area contributed by atoms with Crippen LogP contribution >= 0.6 is 0 Å². The predicted octanol–water partition coefficient (Wildman–Crippen LogP) is 3.65. The third-order valence-electron chi connectivity index (χ3n) is 3.52. The summed E-state index contributed by atoms with van der Waals surface area (Å²) in [5, 5.41) is 11.5. The fourth-order valence-corrected chi connectivity index (χ4v) is 2.32. The van der Waals surface area contributed by atoms with Crippen LogP contribution in [0, 0.1) is 0 Å². The lowest BCUT2D eigenvalue weighted by Crippen LogP contribution is -2.12. The first-order valence-corrected chi connectivity index (χ1v) is 7.10. The molecule has 0 radical (unpaired) electrons. The van der Waals surface area contributed by atoms with Crippen LogP contribution in [0.4, 0.5) is 0 Å². The number of carbonyl (C=O) groups excluding carboxylic acids is 1. The summed E-state index contributed by atoms with van der Waals surface area (Å²) in [5.74, 6) is -1.63. The fourth-order valence-electron chi connectivity index (χ4n) is 2.32. The molecular weight excluding hydrogens is 280 g/mol. The number of rotatable bonds is 5. The lowest BCUT2D eigenvalue weighted by molar-refractivity contribution is -0.144. The first-order chi connectivity index (χ1) is 10.5. The average Bonchev–Trinajstić information content (AvgIpc) is 2.51. The van der Waals surface area contributed by atoms with E-state index in [4.69, 9.17) is 4.74 Å². The van der Waals surface area contributed by atoms with Gasteiger partial charge in [0.1, 0.15) is 0 Å². The molecule has 0 atom stereocenters. The van der Waals surface area contributed by atoms with Crippen molar-refractivity contribution in [1.82, 2.24) is 0 Å². The molecule has 2 aromatic rings. The van der Waals surface area contributed by atoms with Gasteiger partial charge in [-0.3, -0.25) is 4.79 Å². The van der Waals surface area contributed by atoms with Gasteiger partial charge in [0.25, 0.3) is 0 Å². The number of hydrogen-bond acceptors (Lipinski definition) is 3. The van der Waals surface area contributed by atoms with Gasteiger partial charge in [0, 0.05) is 0 Å². The molecule has 2 aromatic carbocycles. The summed E-state index contributed by atoms with van der Waals surface area (Å²) in [5.41, 5.74) is 1.43. The largest absolute Gasteiger partial charge is 0.478 e. The Bertz CT molecular complexity index is 744. The molecule has 1 N–H and O–H groups in total. The smallest absolute Gasteiger partial charge is 0.332 e. The number of esters is 1. The summed E-state index contributed by atoms with van der Waals surface area (Å²) in [6.07, 6.45) is -0.234. The van der Waals surface area contributed by atoms with E-state index in [-0.39, 0.29) is 18.6 Å². The summed E-state index contributed by atoms with van der Waals surface area (Å²) in [4.78, 5) is 23.0. The minimum atomic E-state index is -1.10. The molecule has 0 heterocycles. The molecule has 0 aliphatic rings. The Hall–Kier alpha value is -2.62. The number of carboxylic acids is 1. The zero-order valence-corrected chi connectivity index (χ0v) is 12.6. The second kappa shape index (κ2) is 6.89. The van der Waals surface area contributed by atoms with Crippen LogP contribution in [0.15, 0.2) is 48.0 Å². The van der Waals surface area contributed by atoms with Gasteiger partial charge in [-0.15, -0.1) is 0 Å². The molecule has 0 spiro atoms. The van der Waals surface area contributed by atoms with Gasteiger partial charge in [-0.1, -0.05) is 36.4 Å². The second-order valence-corrected chi connectivity index (χ2v) is 4.95.